The smallest absolute Gasteiger partial charge is 0.00390 e. The van der Waals surface area contributed by atoms with Crippen LogP contribution in [0.25, 0.3) is 0 Å². The van der Waals surface area contributed by atoms with Crippen LogP contribution in [0, 0.1) is 11.8 Å². The van der Waals surface area contributed by atoms with Gasteiger partial charge in [0, 0.05) is 6.04 Å². The Kier molecular flexibility index (Phi) is 6.54. The van der Waals surface area contributed by atoms with Crippen LogP contribution in [0.3, 0.4) is 0 Å². The van der Waals surface area contributed by atoms with Crippen molar-refractivity contribution in [3.63, 3.8) is 0 Å². The van der Waals surface area contributed by atoms with Gasteiger partial charge < -0.3 is 5.73 Å². The minimum absolute atomic E-state index is 0.494. The molecule has 2 aliphatic carbocycles. The summed E-state index contributed by atoms with van der Waals surface area (Å²) >= 11 is 0. The maximum atomic E-state index is 6.31. The molecule has 0 aliphatic heterocycles. The van der Waals surface area contributed by atoms with E-state index in [1.165, 1.54) is 89.9 Å². The van der Waals surface area contributed by atoms with Crippen molar-refractivity contribution in [3.8, 4) is 0 Å². The normalized spacial score (nSPS) is 23.7. The van der Waals surface area contributed by atoms with Crippen LogP contribution in [0.15, 0.2) is 0 Å². The van der Waals surface area contributed by atoms with Crippen molar-refractivity contribution in [1.82, 2.24) is 0 Å². The minimum Gasteiger partial charge on any atom is -0.328 e. The topological polar surface area (TPSA) is 26.0 Å². The lowest BCUT2D eigenvalue weighted by Gasteiger charge is -2.25. The molecule has 0 spiro atoms. The molecule has 0 aromatic carbocycles. The Hall–Kier alpha value is -0.0400. The van der Waals surface area contributed by atoms with E-state index in [-0.39, 0.29) is 0 Å². The van der Waals surface area contributed by atoms with Crippen LogP contribution >= 0.6 is 0 Å². The minimum atomic E-state index is 0.494. The molecular formula is C17H33N. The van der Waals surface area contributed by atoms with Crippen molar-refractivity contribution >= 4 is 0 Å². The number of nitrogens with two attached hydrogens (primary N) is 1. The van der Waals surface area contributed by atoms with E-state index in [9.17, 15) is 0 Å². The SMILES string of the molecule is NC(CCC1CCCCC1)CCC1CCCCC1. The Bertz CT molecular complexity index is 180. The Labute approximate surface area is 114 Å². The summed E-state index contributed by atoms with van der Waals surface area (Å²) in [5, 5.41) is 0. The number of hydrogen-bond acceptors (Lipinski definition) is 1. The molecule has 2 saturated carbocycles. The standard InChI is InChI=1S/C17H33N/c18-17(13-11-15-7-3-1-4-8-15)14-12-16-9-5-2-6-10-16/h15-17H,1-14,18H2. The fourth-order valence-electron chi connectivity index (χ4n) is 4.00. The van der Waals surface area contributed by atoms with Gasteiger partial charge in [-0.1, -0.05) is 64.2 Å². The summed E-state index contributed by atoms with van der Waals surface area (Å²) in [4.78, 5) is 0. The molecule has 0 atom stereocenters. The van der Waals surface area contributed by atoms with Gasteiger partial charge in [0.05, 0.1) is 0 Å². The first-order valence-electron chi connectivity index (χ1n) is 8.60. The number of hydrogen-bond donors (Lipinski definition) is 1. The van der Waals surface area contributed by atoms with E-state index in [0.717, 1.165) is 11.8 Å². The maximum absolute atomic E-state index is 6.31. The summed E-state index contributed by atoms with van der Waals surface area (Å²) in [6.45, 7) is 0. The molecular weight excluding hydrogens is 218 g/mol. The third-order valence-corrected chi connectivity index (χ3v) is 5.34. The first kappa shape index (κ1) is 14.4. The Morgan fingerprint density at radius 2 is 1.06 bits per heavy atom. The molecule has 0 aromatic rings. The monoisotopic (exact) mass is 251 g/mol. The predicted molar refractivity (Wildman–Crippen MR) is 79.6 cm³/mol. The lowest BCUT2D eigenvalue weighted by Crippen LogP contribution is -2.23. The zero-order valence-electron chi connectivity index (χ0n) is 12.2. The zero-order chi connectivity index (χ0) is 12.6. The van der Waals surface area contributed by atoms with Gasteiger partial charge in [0.2, 0.25) is 0 Å². The van der Waals surface area contributed by atoms with Gasteiger partial charge in [0.15, 0.2) is 0 Å². The molecule has 106 valence electrons. The molecule has 2 fully saturated rings. The molecule has 2 rings (SSSR count). The van der Waals surface area contributed by atoms with Crippen LogP contribution < -0.4 is 5.73 Å². The lowest BCUT2D eigenvalue weighted by atomic mass is 9.83. The molecule has 2 aliphatic rings. The Morgan fingerprint density at radius 1 is 0.667 bits per heavy atom. The van der Waals surface area contributed by atoms with Gasteiger partial charge in [-0.15, -0.1) is 0 Å². The molecule has 0 unspecified atom stereocenters. The third-order valence-electron chi connectivity index (χ3n) is 5.34. The van der Waals surface area contributed by atoms with Crippen LogP contribution in [0.5, 0.6) is 0 Å². The van der Waals surface area contributed by atoms with E-state index in [4.69, 9.17) is 5.73 Å². The van der Waals surface area contributed by atoms with Crippen LogP contribution in [-0.2, 0) is 0 Å². The average Bonchev–Trinajstić information content (AvgIpc) is 2.45. The van der Waals surface area contributed by atoms with Gasteiger partial charge in [0.1, 0.15) is 0 Å². The largest absolute Gasteiger partial charge is 0.328 e. The van der Waals surface area contributed by atoms with Crippen LogP contribution in [0.4, 0.5) is 0 Å². The molecule has 2 N–H and O–H groups in total. The van der Waals surface area contributed by atoms with Gasteiger partial charge in [-0.2, -0.15) is 0 Å². The van der Waals surface area contributed by atoms with Gasteiger partial charge in [0.25, 0.3) is 0 Å². The van der Waals surface area contributed by atoms with Gasteiger partial charge >= 0.3 is 0 Å². The van der Waals surface area contributed by atoms with E-state index < -0.39 is 0 Å². The molecule has 0 aromatic heterocycles. The molecule has 0 bridgehead atoms. The molecule has 0 heterocycles. The Balaban J connectivity index is 1.52. The molecule has 1 heteroatoms. The van der Waals surface area contributed by atoms with Gasteiger partial charge in [-0.25, -0.2) is 0 Å². The van der Waals surface area contributed by atoms with Crippen molar-refractivity contribution in [2.75, 3.05) is 0 Å². The maximum Gasteiger partial charge on any atom is 0.00390 e. The average molecular weight is 251 g/mol. The first-order chi connectivity index (χ1) is 8.84. The van der Waals surface area contributed by atoms with Crippen LogP contribution in [-0.4, -0.2) is 6.04 Å². The van der Waals surface area contributed by atoms with E-state index in [1.807, 2.05) is 0 Å². The molecule has 0 radical (unpaired) electrons. The van der Waals surface area contributed by atoms with Gasteiger partial charge in [-0.3, -0.25) is 0 Å². The second-order valence-electron chi connectivity index (χ2n) is 6.92. The summed E-state index contributed by atoms with van der Waals surface area (Å²) in [6, 6.07) is 0.494. The summed E-state index contributed by atoms with van der Waals surface area (Å²) in [6.07, 6.45) is 20.2. The van der Waals surface area contributed by atoms with Gasteiger partial charge in [-0.05, 0) is 37.5 Å². The summed E-state index contributed by atoms with van der Waals surface area (Å²) < 4.78 is 0. The molecule has 1 nitrogen and oxygen atoms in total. The molecule has 18 heavy (non-hydrogen) atoms. The quantitative estimate of drug-likeness (QED) is 0.703. The fourth-order valence-corrected chi connectivity index (χ4v) is 4.00. The van der Waals surface area contributed by atoms with Crippen molar-refractivity contribution in [1.29, 1.82) is 0 Å². The number of rotatable bonds is 6. The van der Waals surface area contributed by atoms with Crippen molar-refractivity contribution < 1.29 is 0 Å². The van der Waals surface area contributed by atoms with E-state index in [0.29, 0.717) is 6.04 Å². The first-order valence-corrected chi connectivity index (χ1v) is 8.60. The molecule has 0 amide bonds. The lowest BCUT2D eigenvalue weighted by molar-refractivity contribution is 0.299. The summed E-state index contributed by atoms with van der Waals surface area (Å²) in [5.41, 5.74) is 6.31. The fraction of sp³-hybridized carbons (Fsp3) is 1.00. The van der Waals surface area contributed by atoms with Crippen LogP contribution in [0.2, 0.25) is 0 Å². The van der Waals surface area contributed by atoms with E-state index in [2.05, 4.69) is 0 Å². The third kappa shape index (κ3) is 5.30. The Morgan fingerprint density at radius 3 is 1.44 bits per heavy atom. The predicted octanol–water partition coefficient (Wildman–Crippen LogP) is 5.03. The second kappa shape index (κ2) is 8.19. The van der Waals surface area contributed by atoms with Crippen LogP contribution in [0.1, 0.15) is 89.9 Å². The summed E-state index contributed by atoms with van der Waals surface area (Å²) in [5.74, 6) is 2.03. The van der Waals surface area contributed by atoms with Crippen molar-refractivity contribution in [2.45, 2.75) is 95.9 Å². The van der Waals surface area contributed by atoms with E-state index in [1.54, 1.807) is 0 Å². The molecule has 0 saturated heterocycles. The highest BCUT2D eigenvalue weighted by molar-refractivity contribution is 4.72. The van der Waals surface area contributed by atoms with Crippen molar-refractivity contribution in [3.05, 3.63) is 0 Å². The highest BCUT2D eigenvalue weighted by Gasteiger charge is 2.17. The zero-order valence-corrected chi connectivity index (χ0v) is 12.2. The van der Waals surface area contributed by atoms with Crippen molar-refractivity contribution in [2.24, 2.45) is 17.6 Å². The van der Waals surface area contributed by atoms with E-state index >= 15 is 0 Å². The highest BCUT2D eigenvalue weighted by atomic mass is 14.6. The second-order valence-corrected chi connectivity index (χ2v) is 6.92. The highest BCUT2D eigenvalue weighted by Crippen LogP contribution is 2.30. The summed E-state index contributed by atoms with van der Waals surface area (Å²) in [7, 11) is 0.